The van der Waals surface area contributed by atoms with E-state index in [-0.39, 0.29) is 5.82 Å². The Hall–Kier alpha value is -2.76. The summed E-state index contributed by atoms with van der Waals surface area (Å²) in [5.41, 5.74) is 8.83. The van der Waals surface area contributed by atoms with E-state index in [4.69, 9.17) is 5.73 Å². The van der Waals surface area contributed by atoms with Crippen LogP contribution in [0.5, 0.6) is 0 Å². The van der Waals surface area contributed by atoms with Crippen molar-refractivity contribution >= 4 is 5.69 Å². The third-order valence-corrected chi connectivity index (χ3v) is 2.88. The van der Waals surface area contributed by atoms with Gasteiger partial charge in [-0.1, -0.05) is 6.07 Å². The van der Waals surface area contributed by atoms with Crippen LogP contribution in [0.2, 0.25) is 0 Å². The Balaban J connectivity index is 2.15. The van der Waals surface area contributed by atoms with Crippen LogP contribution in [0.3, 0.4) is 0 Å². The number of tetrazole rings is 1. The van der Waals surface area contributed by atoms with Crippen LogP contribution in [0.1, 0.15) is 5.56 Å². The standard InChI is InChI=1S/C14H12FN5/c1-9-5-10(7-12(16)6-9)14-17-18-19-20(14)13-4-2-3-11(15)8-13/h2-8H,16H2,1H3. The van der Waals surface area contributed by atoms with Gasteiger partial charge in [-0.25, -0.2) is 4.39 Å². The number of rotatable bonds is 2. The Labute approximate surface area is 114 Å². The number of hydrogen-bond acceptors (Lipinski definition) is 4. The normalized spacial score (nSPS) is 10.7. The fourth-order valence-corrected chi connectivity index (χ4v) is 2.09. The van der Waals surface area contributed by atoms with E-state index < -0.39 is 0 Å². The number of nitrogens with zero attached hydrogens (tertiary/aromatic N) is 4. The van der Waals surface area contributed by atoms with Crippen LogP contribution >= 0.6 is 0 Å². The minimum Gasteiger partial charge on any atom is -0.399 e. The van der Waals surface area contributed by atoms with E-state index >= 15 is 0 Å². The maximum atomic E-state index is 13.3. The highest BCUT2D eigenvalue weighted by molar-refractivity contribution is 5.64. The summed E-state index contributed by atoms with van der Waals surface area (Å²) in [5, 5.41) is 11.6. The molecule has 0 saturated carbocycles. The molecule has 0 unspecified atom stereocenters. The highest BCUT2D eigenvalue weighted by Gasteiger charge is 2.12. The molecule has 0 atom stereocenters. The molecule has 0 spiro atoms. The molecule has 1 aromatic heterocycles. The molecule has 5 nitrogen and oxygen atoms in total. The molecule has 3 aromatic rings. The first-order valence-electron chi connectivity index (χ1n) is 6.05. The summed E-state index contributed by atoms with van der Waals surface area (Å²) in [7, 11) is 0. The second-order valence-corrected chi connectivity index (χ2v) is 4.53. The van der Waals surface area contributed by atoms with E-state index in [0.29, 0.717) is 17.2 Å². The SMILES string of the molecule is Cc1cc(N)cc(-c2nnnn2-c2cccc(F)c2)c1. The van der Waals surface area contributed by atoms with Crippen molar-refractivity contribution in [1.82, 2.24) is 20.2 Å². The Morgan fingerprint density at radius 2 is 2.00 bits per heavy atom. The van der Waals surface area contributed by atoms with Gasteiger partial charge in [-0.3, -0.25) is 0 Å². The molecule has 0 aliphatic heterocycles. The predicted molar refractivity (Wildman–Crippen MR) is 73.7 cm³/mol. The molecular formula is C14H12FN5. The van der Waals surface area contributed by atoms with Crippen LogP contribution in [0.4, 0.5) is 10.1 Å². The number of nitrogens with two attached hydrogens (primary N) is 1. The Morgan fingerprint density at radius 3 is 2.75 bits per heavy atom. The monoisotopic (exact) mass is 269 g/mol. The van der Waals surface area contributed by atoms with Gasteiger partial charge >= 0.3 is 0 Å². The molecule has 0 bridgehead atoms. The highest BCUT2D eigenvalue weighted by Crippen LogP contribution is 2.23. The smallest absolute Gasteiger partial charge is 0.187 e. The molecule has 1 heterocycles. The lowest BCUT2D eigenvalue weighted by molar-refractivity contribution is 0.625. The van der Waals surface area contributed by atoms with Gasteiger partial charge in [0.15, 0.2) is 5.82 Å². The molecule has 0 saturated heterocycles. The lowest BCUT2D eigenvalue weighted by Gasteiger charge is -2.06. The Morgan fingerprint density at radius 1 is 1.15 bits per heavy atom. The van der Waals surface area contributed by atoms with E-state index in [1.807, 2.05) is 19.1 Å². The second kappa shape index (κ2) is 4.73. The van der Waals surface area contributed by atoms with Crippen molar-refractivity contribution in [1.29, 1.82) is 0 Å². The van der Waals surface area contributed by atoms with Crippen LogP contribution in [-0.4, -0.2) is 20.2 Å². The zero-order valence-corrected chi connectivity index (χ0v) is 10.8. The summed E-state index contributed by atoms with van der Waals surface area (Å²) >= 11 is 0. The number of anilines is 1. The molecular weight excluding hydrogens is 257 g/mol. The van der Waals surface area contributed by atoms with E-state index in [1.54, 1.807) is 18.2 Å². The number of hydrogen-bond donors (Lipinski definition) is 1. The average Bonchev–Trinajstić information content (AvgIpc) is 2.86. The van der Waals surface area contributed by atoms with Gasteiger partial charge in [-0.2, -0.15) is 4.68 Å². The predicted octanol–water partition coefficient (Wildman–Crippen LogP) is 2.36. The summed E-state index contributed by atoms with van der Waals surface area (Å²) in [6.07, 6.45) is 0. The van der Waals surface area contributed by atoms with Crippen LogP contribution in [0.15, 0.2) is 42.5 Å². The zero-order valence-electron chi connectivity index (χ0n) is 10.8. The molecule has 2 aromatic carbocycles. The van der Waals surface area contributed by atoms with Crippen molar-refractivity contribution in [3.8, 4) is 17.1 Å². The van der Waals surface area contributed by atoms with Crippen LogP contribution in [-0.2, 0) is 0 Å². The van der Waals surface area contributed by atoms with Gasteiger partial charge in [-0.05, 0) is 59.3 Å². The maximum absolute atomic E-state index is 13.3. The summed E-state index contributed by atoms with van der Waals surface area (Å²) < 4.78 is 14.8. The lowest BCUT2D eigenvalue weighted by atomic mass is 10.1. The van der Waals surface area contributed by atoms with Crippen molar-refractivity contribution in [2.75, 3.05) is 5.73 Å². The van der Waals surface area contributed by atoms with Gasteiger partial charge in [0, 0.05) is 11.3 Å². The van der Waals surface area contributed by atoms with E-state index in [2.05, 4.69) is 15.5 Å². The molecule has 0 aliphatic carbocycles. The molecule has 0 aliphatic rings. The van der Waals surface area contributed by atoms with Crippen LogP contribution in [0.25, 0.3) is 17.1 Å². The fourth-order valence-electron chi connectivity index (χ4n) is 2.09. The summed E-state index contributed by atoms with van der Waals surface area (Å²) in [6.45, 7) is 1.94. The number of nitrogen functional groups attached to an aromatic ring is 1. The van der Waals surface area contributed by atoms with Crippen LogP contribution in [0, 0.1) is 12.7 Å². The van der Waals surface area contributed by atoms with Gasteiger partial charge in [0.05, 0.1) is 5.69 Å². The fraction of sp³-hybridized carbons (Fsp3) is 0.0714. The quantitative estimate of drug-likeness (QED) is 0.725. The molecule has 2 N–H and O–H groups in total. The first-order chi connectivity index (χ1) is 9.63. The lowest BCUT2D eigenvalue weighted by Crippen LogP contribution is -2.01. The van der Waals surface area contributed by atoms with Crippen molar-refractivity contribution in [3.63, 3.8) is 0 Å². The van der Waals surface area contributed by atoms with E-state index in [1.165, 1.54) is 16.8 Å². The maximum Gasteiger partial charge on any atom is 0.187 e. The topological polar surface area (TPSA) is 69.6 Å². The average molecular weight is 269 g/mol. The Bertz CT molecular complexity index is 746. The van der Waals surface area contributed by atoms with Crippen molar-refractivity contribution in [2.24, 2.45) is 0 Å². The third-order valence-electron chi connectivity index (χ3n) is 2.88. The molecule has 3 rings (SSSR count). The highest BCUT2D eigenvalue weighted by atomic mass is 19.1. The molecule has 0 radical (unpaired) electrons. The first kappa shape index (κ1) is 12.3. The number of aromatic nitrogens is 4. The number of halogens is 1. The second-order valence-electron chi connectivity index (χ2n) is 4.53. The van der Waals surface area contributed by atoms with Gasteiger partial charge in [-0.15, -0.1) is 5.10 Å². The summed E-state index contributed by atoms with van der Waals surface area (Å²) in [6, 6.07) is 11.7. The van der Waals surface area contributed by atoms with Gasteiger partial charge < -0.3 is 5.73 Å². The Kier molecular flexibility index (Phi) is 2.90. The van der Waals surface area contributed by atoms with Gasteiger partial charge in [0.25, 0.3) is 0 Å². The molecule has 0 fully saturated rings. The minimum atomic E-state index is -0.340. The molecule has 20 heavy (non-hydrogen) atoms. The van der Waals surface area contributed by atoms with Gasteiger partial charge in [0.1, 0.15) is 5.82 Å². The minimum absolute atomic E-state index is 0.340. The number of benzene rings is 2. The third kappa shape index (κ3) is 2.23. The van der Waals surface area contributed by atoms with Crippen molar-refractivity contribution < 1.29 is 4.39 Å². The molecule has 0 amide bonds. The number of aryl methyl sites for hydroxylation is 1. The van der Waals surface area contributed by atoms with E-state index in [9.17, 15) is 4.39 Å². The summed E-state index contributed by atoms with van der Waals surface area (Å²) in [5.74, 6) is 0.179. The summed E-state index contributed by atoms with van der Waals surface area (Å²) in [4.78, 5) is 0. The molecule has 6 heteroatoms. The van der Waals surface area contributed by atoms with Crippen molar-refractivity contribution in [3.05, 3.63) is 53.8 Å². The zero-order chi connectivity index (χ0) is 14.1. The van der Waals surface area contributed by atoms with Gasteiger partial charge in [0.2, 0.25) is 0 Å². The van der Waals surface area contributed by atoms with E-state index in [0.717, 1.165) is 11.1 Å². The largest absolute Gasteiger partial charge is 0.399 e. The van der Waals surface area contributed by atoms with Crippen LogP contribution < -0.4 is 5.73 Å². The first-order valence-corrected chi connectivity index (χ1v) is 6.05. The molecule has 100 valence electrons. The van der Waals surface area contributed by atoms with Crippen molar-refractivity contribution in [2.45, 2.75) is 6.92 Å².